The molecule has 74 valence electrons. The van der Waals surface area contributed by atoms with E-state index in [-0.39, 0.29) is 0 Å². The van der Waals surface area contributed by atoms with Gasteiger partial charge in [-0.15, -0.1) is 0 Å². The van der Waals surface area contributed by atoms with Gasteiger partial charge in [-0.3, -0.25) is 0 Å². The van der Waals surface area contributed by atoms with Crippen molar-refractivity contribution < 1.29 is 0 Å². The molecule has 0 aliphatic rings. The second-order valence-electron chi connectivity index (χ2n) is 3.59. The highest BCUT2D eigenvalue weighted by Gasteiger charge is 1.97. The third-order valence-electron chi connectivity index (χ3n) is 2.49. The first-order valence-corrected chi connectivity index (χ1v) is 4.90. The summed E-state index contributed by atoms with van der Waals surface area (Å²) in [5.41, 5.74) is 3.18. The minimum atomic E-state index is 0.711. The molecular formula is C13H12N2. The molecule has 0 saturated carbocycles. The molecule has 1 heterocycles. The Hall–Kier alpha value is -2.01. The Morgan fingerprint density at radius 1 is 1.20 bits per heavy atom. The highest BCUT2D eigenvalue weighted by atomic mass is 15.0. The summed E-state index contributed by atoms with van der Waals surface area (Å²) in [6, 6.07) is 14.0. The van der Waals surface area contributed by atoms with Gasteiger partial charge in [0.2, 0.25) is 0 Å². The van der Waals surface area contributed by atoms with Crippen LogP contribution in [0.15, 0.2) is 42.6 Å². The Morgan fingerprint density at radius 2 is 1.93 bits per heavy atom. The molecule has 2 rings (SSSR count). The molecule has 0 saturated heterocycles. The van der Waals surface area contributed by atoms with E-state index in [0.29, 0.717) is 5.56 Å². The molecule has 1 aromatic heterocycles. The number of hydrogen-bond acceptors (Lipinski definition) is 1. The fraction of sp³-hybridized carbons (Fsp3) is 0.154. The Morgan fingerprint density at radius 3 is 2.47 bits per heavy atom. The molecule has 15 heavy (non-hydrogen) atoms. The molecule has 0 radical (unpaired) electrons. The van der Waals surface area contributed by atoms with Gasteiger partial charge in [0.1, 0.15) is 0 Å². The monoisotopic (exact) mass is 196 g/mol. The summed E-state index contributed by atoms with van der Waals surface area (Å²) < 4.78 is 2.18. The summed E-state index contributed by atoms with van der Waals surface area (Å²) in [5, 5.41) is 8.67. The Bertz CT molecular complexity index is 486. The molecular weight excluding hydrogens is 184 g/mol. The first-order chi connectivity index (χ1) is 7.29. The quantitative estimate of drug-likeness (QED) is 0.726. The van der Waals surface area contributed by atoms with Gasteiger partial charge in [-0.05, 0) is 36.8 Å². The molecule has 0 aliphatic carbocycles. The van der Waals surface area contributed by atoms with Gasteiger partial charge in [-0.25, -0.2) is 0 Å². The van der Waals surface area contributed by atoms with Crippen LogP contribution in [0.25, 0.3) is 0 Å². The third-order valence-corrected chi connectivity index (χ3v) is 2.49. The van der Waals surface area contributed by atoms with Crippen LogP contribution in [-0.2, 0) is 6.54 Å². The van der Waals surface area contributed by atoms with Crippen LogP contribution in [0.2, 0.25) is 0 Å². The summed E-state index contributed by atoms with van der Waals surface area (Å²) in [4.78, 5) is 0. The molecule has 0 atom stereocenters. The minimum Gasteiger partial charge on any atom is -0.347 e. The van der Waals surface area contributed by atoms with E-state index >= 15 is 0 Å². The maximum atomic E-state index is 8.67. The van der Waals surface area contributed by atoms with Gasteiger partial charge in [0.15, 0.2) is 0 Å². The largest absolute Gasteiger partial charge is 0.347 e. The molecule has 2 heteroatoms. The van der Waals surface area contributed by atoms with Crippen molar-refractivity contribution in [1.82, 2.24) is 4.57 Å². The van der Waals surface area contributed by atoms with Crippen molar-refractivity contribution in [3.8, 4) is 6.07 Å². The number of benzene rings is 1. The fourth-order valence-electron chi connectivity index (χ4n) is 1.56. The van der Waals surface area contributed by atoms with Crippen molar-refractivity contribution in [2.24, 2.45) is 0 Å². The first-order valence-electron chi connectivity index (χ1n) is 4.90. The molecule has 1 aromatic carbocycles. The second-order valence-corrected chi connectivity index (χ2v) is 3.59. The smallest absolute Gasteiger partial charge is 0.0991 e. The van der Waals surface area contributed by atoms with Gasteiger partial charge in [-0.1, -0.05) is 12.1 Å². The molecule has 2 aromatic rings. The number of hydrogen-bond donors (Lipinski definition) is 0. The highest BCUT2D eigenvalue weighted by Crippen LogP contribution is 2.08. The van der Waals surface area contributed by atoms with Crippen LogP contribution in [0, 0.1) is 18.3 Å². The minimum absolute atomic E-state index is 0.711. The number of nitrogens with zero attached hydrogens (tertiary/aromatic N) is 2. The number of aromatic nitrogens is 1. The zero-order chi connectivity index (χ0) is 10.7. The van der Waals surface area contributed by atoms with Crippen molar-refractivity contribution >= 4 is 0 Å². The van der Waals surface area contributed by atoms with E-state index in [1.165, 1.54) is 11.3 Å². The van der Waals surface area contributed by atoms with E-state index in [9.17, 15) is 0 Å². The van der Waals surface area contributed by atoms with E-state index < -0.39 is 0 Å². The number of rotatable bonds is 2. The lowest BCUT2D eigenvalue weighted by atomic mass is 10.1. The fourth-order valence-corrected chi connectivity index (χ4v) is 1.56. The maximum Gasteiger partial charge on any atom is 0.0991 e. The summed E-state index contributed by atoms with van der Waals surface area (Å²) in [7, 11) is 0. The van der Waals surface area contributed by atoms with E-state index in [4.69, 9.17) is 5.26 Å². The lowest BCUT2D eigenvalue weighted by molar-refractivity contribution is 0.776. The topological polar surface area (TPSA) is 28.7 Å². The summed E-state index contributed by atoms with van der Waals surface area (Å²) in [5.74, 6) is 0. The van der Waals surface area contributed by atoms with Crippen molar-refractivity contribution in [2.45, 2.75) is 13.5 Å². The molecule has 0 amide bonds. The molecule has 0 unspecified atom stereocenters. The zero-order valence-electron chi connectivity index (χ0n) is 8.64. The van der Waals surface area contributed by atoms with Crippen LogP contribution in [0.4, 0.5) is 0 Å². The van der Waals surface area contributed by atoms with E-state index in [1.807, 2.05) is 30.3 Å². The van der Waals surface area contributed by atoms with Crippen LogP contribution in [0.5, 0.6) is 0 Å². The number of aryl methyl sites for hydroxylation is 1. The SMILES string of the molecule is Cc1cccn1Cc1ccc(C#N)cc1. The summed E-state index contributed by atoms with van der Waals surface area (Å²) in [6.45, 7) is 2.95. The standard InChI is InChI=1S/C13H12N2/c1-11-3-2-8-15(11)10-13-6-4-12(9-14)5-7-13/h2-8H,10H2,1H3. The van der Waals surface area contributed by atoms with Crippen LogP contribution < -0.4 is 0 Å². The van der Waals surface area contributed by atoms with Crippen molar-refractivity contribution in [2.75, 3.05) is 0 Å². The van der Waals surface area contributed by atoms with Crippen molar-refractivity contribution in [1.29, 1.82) is 5.26 Å². The molecule has 0 spiro atoms. The molecule has 0 aliphatic heterocycles. The van der Waals surface area contributed by atoms with Crippen LogP contribution in [-0.4, -0.2) is 4.57 Å². The van der Waals surface area contributed by atoms with Gasteiger partial charge in [0.05, 0.1) is 11.6 Å². The van der Waals surface area contributed by atoms with Crippen LogP contribution in [0.1, 0.15) is 16.8 Å². The number of nitriles is 1. The van der Waals surface area contributed by atoms with Crippen LogP contribution >= 0.6 is 0 Å². The highest BCUT2D eigenvalue weighted by molar-refractivity contribution is 5.31. The second kappa shape index (κ2) is 4.02. The summed E-state index contributed by atoms with van der Waals surface area (Å²) >= 11 is 0. The predicted molar refractivity (Wildman–Crippen MR) is 59.4 cm³/mol. The van der Waals surface area contributed by atoms with Gasteiger partial charge in [0.25, 0.3) is 0 Å². The average molecular weight is 196 g/mol. The van der Waals surface area contributed by atoms with Gasteiger partial charge in [-0.2, -0.15) is 5.26 Å². The zero-order valence-corrected chi connectivity index (χ0v) is 8.64. The Kier molecular flexibility index (Phi) is 2.55. The average Bonchev–Trinajstić information content (AvgIpc) is 2.66. The predicted octanol–water partition coefficient (Wildman–Crippen LogP) is 2.72. The van der Waals surface area contributed by atoms with E-state index in [2.05, 4.69) is 29.8 Å². The van der Waals surface area contributed by atoms with E-state index in [0.717, 1.165) is 6.54 Å². The molecule has 0 N–H and O–H groups in total. The first kappa shape index (κ1) is 9.54. The third kappa shape index (κ3) is 2.08. The van der Waals surface area contributed by atoms with Gasteiger partial charge < -0.3 is 4.57 Å². The van der Waals surface area contributed by atoms with Gasteiger partial charge in [0, 0.05) is 18.4 Å². The molecule has 2 nitrogen and oxygen atoms in total. The van der Waals surface area contributed by atoms with Crippen molar-refractivity contribution in [3.05, 3.63) is 59.4 Å². The van der Waals surface area contributed by atoms with E-state index in [1.54, 1.807) is 0 Å². The van der Waals surface area contributed by atoms with Gasteiger partial charge >= 0.3 is 0 Å². The van der Waals surface area contributed by atoms with Crippen molar-refractivity contribution in [3.63, 3.8) is 0 Å². The molecule has 0 bridgehead atoms. The molecule has 0 fully saturated rings. The normalized spacial score (nSPS) is 9.87. The maximum absolute atomic E-state index is 8.67. The summed E-state index contributed by atoms with van der Waals surface area (Å²) in [6.07, 6.45) is 2.06. The van der Waals surface area contributed by atoms with Crippen LogP contribution in [0.3, 0.4) is 0 Å². The lowest BCUT2D eigenvalue weighted by Gasteiger charge is -2.05. The lowest BCUT2D eigenvalue weighted by Crippen LogP contribution is -1.99. The Balaban J connectivity index is 2.19. The Labute approximate surface area is 89.4 Å².